The maximum absolute atomic E-state index is 9.87. The molecule has 0 amide bonds. The van der Waals surface area contributed by atoms with E-state index < -0.39 is 24.4 Å². The number of likely N-dealkylation sites (tertiary alicyclic amines) is 1. The van der Waals surface area contributed by atoms with Crippen LogP contribution in [0.25, 0.3) is 0 Å². The van der Waals surface area contributed by atoms with Crippen molar-refractivity contribution in [1.29, 1.82) is 0 Å². The van der Waals surface area contributed by atoms with Crippen LogP contribution in [0.4, 0.5) is 0 Å². The molecule has 4 atom stereocenters. The second kappa shape index (κ2) is 9.68. The highest BCUT2D eigenvalue weighted by Crippen LogP contribution is 2.22. The topological polar surface area (TPSA) is 84.2 Å². The number of unbranched alkanes of at least 4 members (excludes halogenated alkanes) is 6. The SMILES string of the molecule is CCCCCCCCCN1C[C@@H](O)[C@@H](O)[C@@H]1[C@@H](O)CO. The minimum Gasteiger partial charge on any atom is -0.394 e. The average molecular weight is 289 g/mol. The quantitative estimate of drug-likeness (QED) is 0.440. The van der Waals surface area contributed by atoms with Gasteiger partial charge in [0.1, 0.15) is 0 Å². The third-order valence-corrected chi connectivity index (χ3v) is 4.22. The fraction of sp³-hybridized carbons (Fsp3) is 1.00. The molecule has 0 aromatic heterocycles. The summed E-state index contributed by atoms with van der Waals surface area (Å²) in [6.45, 7) is 2.95. The third-order valence-electron chi connectivity index (χ3n) is 4.22. The lowest BCUT2D eigenvalue weighted by atomic mass is 10.0. The van der Waals surface area contributed by atoms with Crippen LogP contribution in [0.15, 0.2) is 0 Å². The average Bonchev–Trinajstić information content (AvgIpc) is 2.72. The van der Waals surface area contributed by atoms with E-state index in [9.17, 15) is 15.3 Å². The summed E-state index contributed by atoms with van der Waals surface area (Å²) in [4.78, 5) is 1.91. The molecule has 120 valence electrons. The van der Waals surface area contributed by atoms with E-state index in [1.54, 1.807) is 0 Å². The highest BCUT2D eigenvalue weighted by molar-refractivity contribution is 4.96. The molecular formula is C15H31NO4. The molecule has 0 aromatic carbocycles. The van der Waals surface area contributed by atoms with Crippen LogP contribution < -0.4 is 0 Å². The molecule has 1 fully saturated rings. The summed E-state index contributed by atoms with van der Waals surface area (Å²) in [6, 6.07) is -0.546. The van der Waals surface area contributed by atoms with Crippen molar-refractivity contribution in [3.8, 4) is 0 Å². The Morgan fingerprint density at radius 3 is 2.25 bits per heavy atom. The lowest BCUT2D eigenvalue weighted by molar-refractivity contribution is -0.0304. The first kappa shape index (κ1) is 17.9. The van der Waals surface area contributed by atoms with Gasteiger partial charge in [0.15, 0.2) is 0 Å². The molecule has 5 nitrogen and oxygen atoms in total. The Labute approximate surface area is 122 Å². The van der Waals surface area contributed by atoms with Gasteiger partial charge in [-0.15, -0.1) is 0 Å². The first-order valence-corrected chi connectivity index (χ1v) is 8.01. The van der Waals surface area contributed by atoms with Crippen LogP contribution in [-0.2, 0) is 0 Å². The summed E-state index contributed by atoms with van der Waals surface area (Å²) in [5.74, 6) is 0. The summed E-state index contributed by atoms with van der Waals surface area (Å²) in [5.41, 5.74) is 0. The molecule has 0 bridgehead atoms. The molecule has 0 saturated carbocycles. The molecule has 0 spiro atoms. The molecule has 1 aliphatic rings. The lowest BCUT2D eigenvalue weighted by Gasteiger charge is -2.29. The summed E-state index contributed by atoms with van der Waals surface area (Å²) in [6.07, 6.45) is 5.67. The largest absolute Gasteiger partial charge is 0.394 e. The summed E-state index contributed by atoms with van der Waals surface area (Å²) < 4.78 is 0. The molecule has 0 aromatic rings. The van der Waals surface area contributed by atoms with Gasteiger partial charge in [-0.05, 0) is 13.0 Å². The number of aliphatic hydroxyl groups excluding tert-OH is 4. The molecule has 1 heterocycles. The summed E-state index contributed by atoms with van der Waals surface area (Å²) in [5, 5.41) is 38.4. The highest BCUT2D eigenvalue weighted by atomic mass is 16.3. The van der Waals surface area contributed by atoms with Crippen molar-refractivity contribution < 1.29 is 20.4 Å². The van der Waals surface area contributed by atoms with E-state index in [1.165, 1.54) is 32.1 Å². The van der Waals surface area contributed by atoms with Crippen molar-refractivity contribution in [1.82, 2.24) is 4.90 Å². The Hall–Kier alpha value is -0.200. The second-order valence-corrected chi connectivity index (χ2v) is 5.91. The van der Waals surface area contributed by atoms with Crippen molar-refractivity contribution >= 4 is 0 Å². The van der Waals surface area contributed by atoms with Crippen LogP contribution in [0.3, 0.4) is 0 Å². The van der Waals surface area contributed by atoms with Crippen molar-refractivity contribution in [2.45, 2.75) is 76.2 Å². The lowest BCUT2D eigenvalue weighted by Crippen LogP contribution is -2.47. The predicted molar refractivity (Wildman–Crippen MR) is 78.5 cm³/mol. The Balaban J connectivity index is 2.24. The minimum absolute atomic E-state index is 0.374. The fourth-order valence-corrected chi connectivity index (χ4v) is 3.00. The van der Waals surface area contributed by atoms with Gasteiger partial charge in [0, 0.05) is 6.54 Å². The van der Waals surface area contributed by atoms with Gasteiger partial charge in [0.2, 0.25) is 0 Å². The number of rotatable bonds is 10. The molecule has 4 N–H and O–H groups in total. The maximum Gasteiger partial charge on any atom is 0.0992 e. The van der Waals surface area contributed by atoms with Crippen molar-refractivity contribution in [3.05, 3.63) is 0 Å². The van der Waals surface area contributed by atoms with Gasteiger partial charge in [-0.1, -0.05) is 45.4 Å². The Morgan fingerprint density at radius 1 is 1.05 bits per heavy atom. The van der Waals surface area contributed by atoms with Gasteiger partial charge < -0.3 is 20.4 Å². The van der Waals surface area contributed by atoms with E-state index in [0.29, 0.717) is 6.54 Å². The van der Waals surface area contributed by atoms with E-state index in [2.05, 4.69) is 6.92 Å². The molecule has 0 unspecified atom stereocenters. The molecule has 1 saturated heterocycles. The number of β-amino-alcohol motifs (C(OH)–C–C–N with tert-alkyl or cyclic N) is 1. The van der Waals surface area contributed by atoms with Crippen LogP contribution in [-0.4, -0.2) is 69.4 Å². The van der Waals surface area contributed by atoms with Crippen molar-refractivity contribution in [2.24, 2.45) is 0 Å². The molecule has 20 heavy (non-hydrogen) atoms. The molecule has 5 heteroatoms. The third kappa shape index (κ3) is 5.30. The normalized spacial score (nSPS) is 28.9. The molecular weight excluding hydrogens is 258 g/mol. The number of hydrogen-bond acceptors (Lipinski definition) is 5. The number of nitrogens with zero attached hydrogens (tertiary/aromatic N) is 1. The molecule has 0 radical (unpaired) electrons. The van der Waals surface area contributed by atoms with Gasteiger partial charge in [-0.2, -0.15) is 0 Å². The Kier molecular flexibility index (Phi) is 8.64. The molecule has 1 rings (SSSR count). The Morgan fingerprint density at radius 2 is 1.65 bits per heavy atom. The monoisotopic (exact) mass is 289 g/mol. The first-order chi connectivity index (χ1) is 9.61. The van der Waals surface area contributed by atoms with Crippen molar-refractivity contribution in [3.63, 3.8) is 0 Å². The molecule has 1 aliphatic heterocycles. The zero-order valence-corrected chi connectivity index (χ0v) is 12.6. The first-order valence-electron chi connectivity index (χ1n) is 8.01. The zero-order valence-electron chi connectivity index (χ0n) is 12.6. The van der Waals surface area contributed by atoms with Gasteiger partial charge in [0.05, 0.1) is 31.0 Å². The standard InChI is InChI=1S/C15H31NO4/c1-2-3-4-5-6-7-8-9-16-10-12(18)15(20)14(16)13(19)11-17/h12-15,17-20H,2-11H2,1H3/t12-,13+,14+,15-/m1/s1. The van der Waals surface area contributed by atoms with E-state index >= 15 is 0 Å². The van der Waals surface area contributed by atoms with Crippen LogP contribution in [0.1, 0.15) is 51.9 Å². The maximum atomic E-state index is 9.87. The smallest absolute Gasteiger partial charge is 0.0992 e. The Bertz CT molecular complexity index is 252. The van der Waals surface area contributed by atoms with E-state index in [1.807, 2.05) is 4.90 Å². The predicted octanol–water partition coefficient (Wildman–Crippen LogP) is 0.496. The molecule has 0 aliphatic carbocycles. The van der Waals surface area contributed by atoms with Crippen LogP contribution >= 0.6 is 0 Å². The van der Waals surface area contributed by atoms with Gasteiger partial charge in [0.25, 0.3) is 0 Å². The van der Waals surface area contributed by atoms with Crippen LogP contribution in [0, 0.1) is 0 Å². The van der Waals surface area contributed by atoms with Gasteiger partial charge >= 0.3 is 0 Å². The second-order valence-electron chi connectivity index (χ2n) is 5.91. The fourth-order valence-electron chi connectivity index (χ4n) is 3.00. The number of aliphatic hydroxyl groups is 4. The van der Waals surface area contributed by atoms with Gasteiger partial charge in [-0.25, -0.2) is 0 Å². The van der Waals surface area contributed by atoms with Crippen LogP contribution in [0.5, 0.6) is 0 Å². The number of hydrogen-bond donors (Lipinski definition) is 4. The minimum atomic E-state index is -0.994. The highest BCUT2D eigenvalue weighted by Gasteiger charge is 2.43. The van der Waals surface area contributed by atoms with Gasteiger partial charge in [-0.3, -0.25) is 4.90 Å². The van der Waals surface area contributed by atoms with Crippen LogP contribution in [0.2, 0.25) is 0 Å². The van der Waals surface area contributed by atoms with Crippen molar-refractivity contribution in [2.75, 3.05) is 19.7 Å². The zero-order chi connectivity index (χ0) is 15.0. The van der Waals surface area contributed by atoms with E-state index in [0.717, 1.165) is 19.4 Å². The van der Waals surface area contributed by atoms with E-state index in [4.69, 9.17) is 5.11 Å². The summed E-state index contributed by atoms with van der Waals surface area (Å²) >= 11 is 0. The summed E-state index contributed by atoms with van der Waals surface area (Å²) in [7, 11) is 0. The van der Waals surface area contributed by atoms with E-state index in [-0.39, 0.29) is 6.61 Å².